The van der Waals surface area contributed by atoms with Crippen LogP contribution in [0, 0.1) is 0 Å². The molecule has 198 valence electrons. The van der Waals surface area contributed by atoms with Crippen LogP contribution in [0.5, 0.6) is 0 Å². The molecule has 1 saturated heterocycles. The summed E-state index contributed by atoms with van der Waals surface area (Å²) < 4.78 is 7.36. The highest BCUT2D eigenvalue weighted by Gasteiger charge is 2.18. The minimum Gasteiger partial charge on any atom is -0.379 e. The SMILES string of the molecule is O=C(NCCN1CCOCC1)c1csc(CSc2nnc(Cc3ccccc3)n2-c2ccc(Cl)c(Cl)c2)n1. The third-order valence-corrected chi connectivity index (χ3v) is 8.70. The first-order valence-electron chi connectivity index (χ1n) is 12.2. The maximum Gasteiger partial charge on any atom is 0.270 e. The first kappa shape index (κ1) is 27.1. The Hall–Kier alpha value is -2.47. The summed E-state index contributed by atoms with van der Waals surface area (Å²) in [5.74, 6) is 1.18. The summed E-state index contributed by atoms with van der Waals surface area (Å²) in [6.45, 7) is 4.66. The molecule has 2 aromatic heterocycles. The van der Waals surface area contributed by atoms with Gasteiger partial charge in [-0.15, -0.1) is 21.5 Å². The van der Waals surface area contributed by atoms with Crippen LogP contribution in [-0.4, -0.2) is 69.9 Å². The van der Waals surface area contributed by atoms with Crippen molar-refractivity contribution >= 4 is 52.2 Å². The number of aromatic nitrogens is 4. The maximum absolute atomic E-state index is 12.6. The molecule has 0 aliphatic carbocycles. The lowest BCUT2D eigenvalue weighted by Gasteiger charge is -2.26. The molecule has 38 heavy (non-hydrogen) atoms. The van der Waals surface area contributed by atoms with Crippen molar-refractivity contribution in [1.82, 2.24) is 30.0 Å². The minimum atomic E-state index is -0.158. The second-order valence-electron chi connectivity index (χ2n) is 8.62. The molecule has 12 heteroatoms. The van der Waals surface area contributed by atoms with Gasteiger partial charge in [0.05, 0.1) is 34.7 Å². The van der Waals surface area contributed by atoms with Crippen molar-refractivity contribution in [3.05, 3.63) is 86.0 Å². The van der Waals surface area contributed by atoms with Crippen LogP contribution in [0.1, 0.15) is 26.9 Å². The Bertz CT molecular complexity index is 1380. The van der Waals surface area contributed by atoms with Crippen LogP contribution in [0.15, 0.2) is 59.1 Å². The van der Waals surface area contributed by atoms with E-state index in [0.29, 0.717) is 39.6 Å². The number of amides is 1. The Kier molecular flexibility index (Phi) is 9.31. The highest BCUT2D eigenvalue weighted by atomic mass is 35.5. The number of ether oxygens (including phenoxy) is 1. The van der Waals surface area contributed by atoms with Gasteiger partial charge in [-0.05, 0) is 23.8 Å². The van der Waals surface area contributed by atoms with E-state index < -0.39 is 0 Å². The lowest BCUT2D eigenvalue weighted by atomic mass is 10.1. The van der Waals surface area contributed by atoms with Gasteiger partial charge >= 0.3 is 0 Å². The summed E-state index contributed by atoms with van der Waals surface area (Å²) in [6, 6.07) is 15.6. The van der Waals surface area contributed by atoms with Gasteiger partial charge in [-0.1, -0.05) is 65.3 Å². The highest BCUT2D eigenvalue weighted by molar-refractivity contribution is 7.98. The number of thioether (sulfide) groups is 1. The lowest BCUT2D eigenvalue weighted by molar-refractivity contribution is 0.0383. The van der Waals surface area contributed by atoms with Gasteiger partial charge in [0.25, 0.3) is 5.91 Å². The summed E-state index contributed by atoms with van der Waals surface area (Å²) in [7, 11) is 0. The zero-order chi connectivity index (χ0) is 26.3. The van der Waals surface area contributed by atoms with Crippen molar-refractivity contribution < 1.29 is 9.53 Å². The van der Waals surface area contributed by atoms with Gasteiger partial charge in [0.1, 0.15) is 16.5 Å². The minimum absolute atomic E-state index is 0.158. The molecule has 0 radical (unpaired) electrons. The van der Waals surface area contributed by atoms with E-state index in [0.717, 1.165) is 54.9 Å². The zero-order valence-corrected chi connectivity index (χ0v) is 23.6. The van der Waals surface area contributed by atoms with Crippen LogP contribution < -0.4 is 5.32 Å². The fraction of sp³-hybridized carbons (Fsp3) is 0.308. The third kappa shape index (κ3) is 6.93. The monoisotopic (exact) mass is 588 g/mol. The molecule has 1 aliphatic heterocycles. The Labute approximate surface area is 239 Å². The predicted octanol–water partition coefficient (Wildman–Crippen LogP) is 4.98. The molecule has 1 aliphatic rings. The number of nitrogens with zero attached hydrogens (tertiary/aromatic N) is 5. The number of morpholine rings is 1. The molecule has 0 atom stereocenters. The van der Waals surface area contributed by atoms with Crippen molar-refractivity contribution in [3.63, 3.8) is 0 Å². The van der Waals surface area contributed by atoms with Gasteiger partial charge in [0.2, 0.25) is 0 Å². The van der Waals surface area contributed by atoms with Crippen LogP contribution in [-0.2, 0) is 16.9 Å². The molecule has 0 saturated carbocycles. The summed E-state index contributed by atoms with van der Waals surface area (Å²) >= 11 is 15.5. The fourth-order valence-electron chi connectivity index (χ4n) is 4.02. The number of hydrogen-bond donors (Lipinski definition) is 1. The standard InChI is InChI=1S/C26H26Cl2N6O2S2/c27-20-7-6-19(15-21(20)28)34-23(14-18-4-2-1-3-5-18)31-32-26(34)38-17-24-30-22(16-37-24)25(35)29-8-9-33-10-12-36-13-11-33/h1-7,15-16H,8-14,17H2,(H,29,35). The number of benzene rings is 2. The molecule has 2 aromatic carbocycles. The summed E-state index contributed by atoms with van der Waals surface area (Å²) in [4.78, 5) is 19.4. The van der Waals surface area contributed by atoms with Crippen molar-refractivity contribution in [3.8, 4) is 5.69 Å². The number of hydrogen-bond acceptors (Lipinski definition) is 8. The Morgan fingerprint density at radius 3 is 2.68 bits per heavy atom. The normalized spacial score (nSPS) is 14.1. The number of nitrogens with one attached hydrogen (secondary N) is 1. The van der Waals surface area contributed by atoms with Gasteiger partial charge in [0, 0.05) is 38.0 Å². The van der Waals surface area contributed by atoms with Gasteiger partial charge < -0.3 is 10.1 Å². The van der Waals surface area contributed by atoms with Crippen LogP contribution in [0.3, 0.4) is 0 Å². The van der Waals surface area contributed by atoms with E-state index in [9.17, 15) is 4.79 Å². The van der Waals surface area contributed by atoms with E-state index in [-0.39, 0.29) is 5.91 Å². The number of carbonyl (C=O) groups excluding carboxylic acids is 1. The van der Waals surface area contributed by atoms with Crippen molar-refractivity contribution in [2.75, 3.05) is 39.4 Å². The van der Waals surface area contributed by atoms with E-state index in [4.69, 9.17) is 27.9 Å². The predicted molar refractivity (Wildman–Crippen MR) is 152 cm³/mol. The van der Waals surface area contributed by atoms with E-state index in [1.165, 1.54) is 23.1 Å². The Morgan fingerprint density at radius 2 is 1.89 bits per heavy atom. The lowest BCUT2D eigenvalue weighted by Crippen LogP contribution is -2.41. The molecular formula is C26H26Cl2N6O2S2. The van der Waals surface area contributed by atoms with Crippen LogP contribution in [0.2, 0.25) is 10.0 Å². The quantitative estimate of drug-likeness (QED) is 0.262. The number of halogens is 2. The molecule has 8 nitrogen and oxygen atoms in total. The Morgan fingerprint density at radius 1 is 1.08 bits per heavy atom. The van der Waals surface area contributed by atoms with Gasteiger partial charge in [0.15, 0.2) is 5.16 Å². The highest BCUT2D eigenvalue weighted by Crippen LogP contribution is 2.30. The van der Waals surface area contributed by atoms with E-state index in [1.54, 1.807) is 11.4 Å². The van der Waals surface area contributed by atoms with E-state index >= 15 is 0 Å². The zero-order valence-electron chi connectivity index (χ0n) is 20.5. The average molecular weight is 590 g/mol. The van der Waals surface area contributed by atoms with Crippen molar-refractivity contribution in [2.45, 2.75) is 17.3 Å². The second kappa shape index (κ2) is 13.1. The largest absolute Gasteiger partial charge is 0.379 e. The topological polar surface area (TPSA) is 85.2 Å². The molecule has 3 heterocycles. The maximum atomic E-state index is 12.6. The molecular weight excluding hydrogens is 563 g/mol. The third-order valence-electron chi connectivity index (χ3n) is 5.99. The van der Waals surface area contributed by atoms with Gasteiger partial charge in [-0.3, -0.25) is 14.3 Å². The van der Waals surface area contributed by atoms with E-state index in [1.807, 2.05) is 34.9 Å². The van der Waals surface area contributed by atoms with E-state index in [2.05, 4.69) is 37.5 Å². The number of thiazole rings is 1. The first-order chi connectivity index (χ1) is 18.6. The van der Waals surface area contributed by atoms with Crippen LogP contribution in [0.4, 0.5) is 0 Å². The van der Waals surface area contributed by atoms with Crippen molar-refractivity contribution in [2.24, 2.45) is 0 Å². The molecule has 5 rings (SSSR count). The van der Waals surface area contributed by atoms with Crippen LogP contribution in [0.25, 0.3) is 5.69 Å². The first-order valence-corrected chi connectivity index (χ1v) is 14.8. The molecule has 1 amide bonds. The average Bonchev–Trinajstić information content (AvgIpc) is 3.57. The van der Waals surface area contributed by atoms with Gasteiger partial charge in [-0.25, -0.2) is 4.98 Å². The molecule has 1 fully saturated rings. The smallest absolute Gasteiger partial charge is 0.270 e. The molecule has 4 aromatic rings. The van der Waals surface area contributed by atoms with Gasteiger partial charge in [-0.2, -0.15) is 0 Å². The molecule has 0 spiro atoms. The van der Waals surface area contributed by atoms with Crippen LogP contribution >= 0.6 is 46.3 Å². The molecule has 1 N–H and O–H groups in total. The molecule has 0 unspecified atom stereocenters. The second-order valence-corrected chi connectivity index (χ2v) is 11.3. The van der Waals surface area contributed by atoms with Crippen molar-refractivity contribution in [1.29, 1.82) is 0 Å². The number of carbonyl (C=O) groups is 1. The Balaban J connectivity index is 1.26. The summed E-state index contributed by atoms with van der Waals surface area (Å²) in [5.41, 5.74) is 2.39. The summed E-state index contributed by atoms with van der Waals surface area (Å²) in [5, 5.41) is 16.2. The molecule has 0 bridgehead atoms. The number of rotatable bonds is 10. The fourth-order valence-corrected chi connectivity index (χ4v) is 6.08. The summed E-state index contributed by atoms with van der Waals surface area (Å²) in [6.07, 6.45) is 0.612.